The van der Waals surface area contributed by atoms with Gasteiger partial charge < -0.3 is 5.11 Å². The van der Waals surface area contributed by atoms with E-state index in [4.69, 9.17) is 5.26 Å². The summed E-state index contributed by atoms with van der Waals surface area (Å²) in [5, 5.41) is 18.3. The van der Waals surface area contributed by atoms with Crippen LogP contribution in [-0.2, 0) is 0 Å². The lowest BCUT2D eigenvalue weighted by Crippen LogP contribution is -2.26. The zero-order valence-corrected chi connectivity index (χ0v) is 8.50. The average Bonchev–Trinajstić information content (AvgIpc) is 2.72. The Morgan fingerprint density at radius 3 is 2.73 bits per heavy atom. The Hall–Kier alpha value is -1.37. The van der Waals surface area contributed by atoms with Gasteiger partial charge in [0.1, 0.15) is 0 Å². The molecule has 3 heteroatoms. The number of aliphatic hydroxyl groups is 1. The number of nitriles is 1. The van der Waals surface area contributed by atoms with E-state index in [1.807, 2.05) is 35.2 Å². The SMILES string of the molecule is N#CC1CCN(CO)C1c1ccccc1. The Kier molecular flexibility index (Phi) is 3.00. The maximum Gasteiger partial charge on any atom is 0.0961 e. The number of hydrogen-bond donors (Lipinski definition) is 1. The molecule has 2 atom stereocenters. The van der Waals surface area contributed by atoms with Crippen molar-refractivity contribution in [2.45, 2.75) is 12.5 Å². The van der Waals surface area contributed by atoms with Crippen molar-refractivity contribution in [1.82, 2.24) is 4.90 Å². The van der Waals surface area contributed by atoms with Crippen LogP contribution in [0.3, 0.4) is 0 Å². The molecule has 1 heterocycles. The van der Waals surface area contributed by atoms with E-state index in [0.29, 0.717) is 0 Å². The Balaban J connectivity index is 2.28. The molecule has 1 N–H and O–H groups in total. The molecule has 0 spiro atoms. The van der Waals surface area contributed by atoms with E-state index in [0.717, 1.165) is 18.5 Å². The highest BCUT2D eigenvalue weighted by molar-refractivity contribution is 5.23. The zero-order valence-electron chi connectivity index (χ0n) is 8.50. The molecule has 1 aromatic carbocycles. The fourth-order valence-corrected chi connectivity index (χ4v) is 2.24. The third-order valence-corrected chi connectivity index (χ3v) is 2.99. The fraction of sp³-hybridized carbons (Fsp3) is 0.417. The van der Waals surface area contributed by atoms with Crippen LogP contribution in [0.15, 0.2) is 30.3 Å². The van der Waals surface area contributed by atoms with Gasteiger partial charge in [0, 0.05) is 6.54 Å². The average molecular weight is 202 g/mol. The van der Waals surface area contributed by atoms with Crippen LogP contribution < -0.4 is 0 Å². The fourth-order valence-electron chi connectivity index (χ4n) is 2.24. The molecule has 1 aromatic rings. The summed E-state index contributed by atoms with van der Waals surface area (Å²) in [7, 11) is 0. The van der Waals surface area contributed by atoms with Gasteiger partial charge in [0.25, 0.3) is 0 Å². The minimum absolute atomic E-state index is 0.000417. The predicted octanol–water partition coefficient (Wildman–Crippen LogP) is 1.52. The molecule has 1 fully saturated rings. The van der Waals surface area contributed by atoms with Gasteiger partial charge in [-0.15, -0.1) is 0 Å². The lowest BCUT2D eigenvalue weighted by atomic mass is 9.95. The molecule has 0 radical (unpaired) electrons. The zero-order chi connectivity index (χ0) is 10.7. The summed E-state index contributed by atoms with van der Waals surface area (Å²) in [6.07, 6.45) is 0.844. The van der Waals surface area contributed by atoms with Gasteiger partial charge in [-0.25, -0.2) is 0 Å². The first-order chi connectivity index (χ1) is 7.36. The smallest absolute Gasteiger partial charge is 0.0961 e. The van der Waals surface area contributed by atoms with Crippen molar-refractivity contribution >= 4 is 0 Å². The molecule has 1 saturated heterocycles. The number of nitrogens with zero attached hydrogens (tertiary/aromatic N) is 2. The van der Waals surface area contributed by atoms with Gasteiger partial charge in [-0.05, 0) is 12.0 Å². The van der Waals surface area contributed by atoms with Crippen LogP contribution in [0.2, 0.25) is 0 Å². The molecule has 1 aliphatic heterocycles. The second kappa shape index (κ2) is 4.43. The molecule has 1 aliphatic rings. The summed E-state index contributed by atoms with van der Waals surface area (Å²) < 4.78 is 0. The minimum atomic E-state index is -0.000417. The van der Waals surface area contributed by atoms with Crippen molar-refractivity contribution in [2.75, 3.05) is 13.3 Å². The second-order valence-corrected chi connectivity index (χ2v) is 3.83. The highest BCUT2D eigenvalue weighted by atomic mass is 16.3. The summed E-state index contributed by atoms with van der Waals surface area (Å²) in [5.74, 6) is -0.000417. The third-order valence-electron chi connectivity index (χ3n) is 2.99. The third kappa shape index (κ3) is 1.87. The molecular formula is C12H14N2O. The monoisotopic (exact) mass is 202 g/mol. The van der Waals surface area contributed by atoms with Gasteiger partial charge in [-0.2, -0.15) is 5.26 Å². The van der Waals surface area contributed by atoms with Gasteiger partial charge in [-0.1, -0.05) is 30.3 Å². The number of likely N-dealkylation sites (tertiary alicyclic amines) is 1. The Bertz CT molecular complexity index is 358. The highest BCUT2D eigenvalue weighted by Gasteiger charge is 2.34. The van der Waals surface area contributed by atoms with Crippen LogP contribution in [0.1, 0.15) is 18.0 Å². The largest absolute Gasteiger partial charge is 0.381 e. The molecule has 0 aromatic heterocycles. The molecule has 78 valence electrons. The Morgan fingerprint density at radius 2 is 2.13 bits per heavy atom. The van der Waals surface area contributed by atoms with Crippen molar-refractivity contribution in [2.24, 2.45) is 5.92 Å². The van der Waals surface area contributed by atoms with Crippen LogP contribution in [-0.4, -0.2) is 23.3 Å². The van der Waals surface area contributed by atoms with Crippen molar-refractivity contribution in [1.29, 1.82) is 5.26 Å². The van der Waals surface area contributed by atoms with E-state index in [9.17, 15) is 5.11 Å². The maximum atomic E-state index is 9.23. The van der Waals surface area contributed by atoms with E-state index >= 15 is 0 Å². The molecule has 3 nitrogen and oxygen atoms in total. The standard InChI is InChI=1S/C12H14N2O/c13-8-11-6-7-14(9-15)12(11)10-4-2-1-3-5-10/h1-5,11-12,15H,6-7,9H2. The minimum Gasteiger partial charge on any atom is -0.381 e. The van der Waals surface area contributed by atoms with Crippen LogP contribution in [0.25, 0.3) is 0 Å². The first-order valence-corrected chi connectivity index (χ1v) is 5.16. The second-order valence-electron chi connectivity index (χ2n) is 3.83. The van der Waals surface area contributed by atoms with E-state index < -0.39 is 0 Å². The number of hydrogen-bond acceptors (Lipinski definition) is 3. The summed E-state index contributed by atoms with van der Waals surface area (Å²) in [4.78, 5) is 1.95. The van der Waals surface area contributed by atoms with Gasteiger partial charge in [0.05, 0.1) is 24.8 Å². The van der Waals surface area contributed by atoms with E-state index in [1.54, 1.807) is 0 Å². The van der Waals surface area contributed by atoms with E-state index in [1.165, 1.54) is 0 Å². The normalized spacial score (nSPS) is 26.4. The van der Waals surface area contributed by atoms with Crippen molar-refractivity contribution in [3.05, 3.63) is 35.9 Å². The van der Waals surface area contributed by atoms with E-state index in [2.05, 4.69) is 6.07 Å². The molecule has 0 saturated carbocycles. The van der Waals surface area contributed by atoms with Gasteiger partial charge >= 0.3 is 0 Å². The van der Waals surface area contributed by atoms with Gasteiger partial charge in [0.15, 0.2) is 0 Å². The van der Waals surface area contributed by atoms with Gasteiger partial charge in [0.2, 0.25) is 0 Å². The summed E-state index contributed by atoms with van der Waals surface area (Å²) in [6, 6.07) is 12.3. The molecular weight excluding hydrogens is 188 g/mol. The Morgan fingerprint density at radius 1 is 1.40 bits per heavy atom. The van der Waals surface area contributed by atoms with Crippen LogP contribution in [0.4, 0.5) is 0 Å². The lowest BCUT2D eigenvalue weighted by molar-refractivity contribution is 0.0912. The quantitative estimate of drug-likeness (QED) is 0.791. The first kappa shape index (κ1) is 10.2. The number of benzene rings is 1. The van der Waals surface area contributed by atoms with Crippen molar-refractivity contribution < 1.29 is 5.11 Å². The van der Waals surface area contributed by atoms with E-state index in [-0.39, 0.29) is 18.7 Å². The highest BCUT2D eigenvalue weighted by Crippen LogP contribution is 2.35. The molecule has 0 amide bonds. The molecule has 2 unspecified atom stereocenters. The van der Waals surface area contributed by atoms with Crippen LogP contribution in [0, 0.1) is 17.2 Å². The van der Waals surface area contributed by atoms with Crippen LogP contribution >= 0.6 is 0 Å². The summed E-state index contributed by atoms with van der Waals surface area (Å²) in [5.41, 5.74) is 1.12. The summed E-state index contributed by atoms with van der Waals surface area (Å²) in [6.45, 7) is 0.825. The molecule has 2 rings (SSSR count). The topological polar surface area (TPSA) is 47.3 Å². The lowest BCUT2D eigenvalue weighted by Gasteiger charge is -2.23. The predicted molar refractivity (Wildman–Crippen MR) is 56.7 cm³/mol. The maximum absolute atomic E-state index is 9.23. The van der Waals surface area contributed by atoms with Crippen molar-refractivity contribution in [3.63, 3.8) is 0 Å². The molecule has 15 heavy (non-hydrogen) atoms. The number of aliphatic hydroxyl groups excluding tert-OH is 1. The molecule has 0 aliphatic carbocycles. The van der Waals surface area contributed by atoms with Crippen LogP contribution in [0.5, 0.6) is 0 Å². The first-order valence-electron chi connectivity index (χ1n) is 5.16. The Labute approximate surface area is 89.6 Å². The van der Waals surface area contributed by atoms with Crippen molar-refractivity contribution in [3.8, 4) is 6.07 Å². The summed E-state index contributed by atoms with van der Waals surface area (Å²) >= 11 is 0. The number of rotatable bonds is 2. The molecule has 0 bridgehead atoms. The van der Waals surface area contributed by atoms with Gasteiger partial charge in [-0.3, -0.25) is 4.90 Å².